The van der Waals surface area contributed by atoms with E-state index in [2.05, 4.69) is 10.2 Å². The molecule has 20 heavy (non-hydrogen) atoms. The first kappa shape index (κ1) is 13.4. The van der Waals surface area contributed by atoms with E-state index in [1.54, 1.807) is 6.07 Å². The van der Waals surface area contributed by atoms with Gasteiger partial charge in [0.05, 0.1) is 5.92 Å². The molecule has 0 spiro atoms. The van der Waals surface area contributed by atoms with Gasteiger partial charge in [-0.05, 0) is 43.0 Å². The second-order valence-corrected chi connectivity index (χ2v) is 5.76. The van der Waals surface area contributed by atoms with Crippen LogP contribution in [-0.2, 0) is 11.3 Å². The maximum absolute atomic E-state index is 13.5. The maximum atomic E-state index is 13.5. The van der Waals surface area contributed by atoms with Crippen LogP contribution in [0.15, 0.2) is 18.2 Å². The van der Waals surface area contributed by atoms with Gasteiger partial charge in [-0.25, -0.2) is 4.39 Å². The topological polar surface area (TPSA) is 58.4 Å². The fourth-order valence-electron chi connectivity index (χ4n) is 2.76. The van der Waals surface area contributed by atoms with E-state index in [0.29, 0.717) is 19.1 Å². The molecule has 0 bridgehead atoms. The van der Waals surface area contributed by atoms with Gasteiger partial charge < -0.3 is 16.0 Å². The summed E-state index contributed by atoms with van der Waals surface area (Å²) < 4.78 is 13.5. The fraction of sp³-hybridized carbons (Fsp3) is 0.533. The summed E-state index contributed by atoms with van der Waals surface area (Å²) in [6.07, 6.45) is 3.19. The Balaban J connectivity index is 1.75. The number of anilines is 1. The lowest BCUT2D eigenvalue weighted by Gasteiger charge is -2.22. The zero-order valence-electron chi connectivity index (χ0n) is 11.4. The molecule has 3 N–H and O–H groups in total. The van der Waals surface area contributed by atoms with Crippen LogP contribution < -0.4 is 16.0 Å². The van der Waals surface area contributed by atoms with Gasteiger partial charge in [-0.15, -0.1) is 0 Å². The van der Waals surface area contributed by atoms with Crippen LogP contribution in [0.3, 0.4) is 0 Å². The number of primary amides is 1. The number of nitrogens with two attached hydrogens (primary N) is 1. The predicted octanol–water partition coefficient (Wildman–Crippen LogP) is 1.39. The Kier molecular flexibility index (Phi) is 3.61. The molecular formula is C15H20FN3O. The van der Waals surface area contributed by atoms with Gasteiger partial charge in [-0.3, -0.25) is 4.79 Å². The van der Waals surface area contributed by atoms with Crippen LogP contribution in [0.25, 0.3) is 0 Å². The van der Waals surface area contributed by atoms with Crippen LogP contribution in [0.2, 0.25) is 0 Å². The smallest absolute Gasteiger partial charge is 0.222 e. The number of carbonyl (C=O) groups excluding carboxylic acids is 1. The summed E-state index contributed by atoms with van der Waals surface area (Å²) in [5, 5.41) is 3.41. The summed E-state index contributed by atoms with van der Waals surface area (Å²) in [5.41, 5.74) is 7.35. The summed E-state index contributed by atoms with van der Waals surface area (Å²) in [7, 11) is 0. The molecule has 1 amide bonds. The zero-order chi connectivity index (χ0) is 14.1. The molecule has 108 valence electrons. The summed E-state index contributed by atoms with van der Waals surface area (Å²) in [4.78, 5) is 13.4. The van der Waals surface area contributed by atoms with E-state index in [1.165, 1.54) is 18.9 Å². The Morgan fingerprint density at radius 1 is 1.40 bits per heavy atom. The third-order valence-electron chi connectivity index (χ3n) is 4.13. The average Bonchev–Trinajstić information content (AvgIpc) is 3.11. The van der Waals surface area contributed by atoms with Crippen LogP contribution in [0.1, 0.15) is 24.8 Å². The minimum absolute atomic E-state index is 0.0932. The van der Waals surface area contributed by atoms with Crippen LogP contribution in [0.4, 0.5) is 10.1 Å². The maximum Gasteiger partial charge on any atom is 0.222 e. The van der Waals surface area contributed by atoms with Crippen LogP contribution in [-0.4, -0.2) is 25.0 Å². The summed E-state index contributed by atoms with van der Waals surface area (Å²) in [6.45, 7) is 2.11. The molecule has 1 saturated carbocycles. The molecule has 1 aliphatic carbocycles. The fourth-order valence-corrected chi connectivity index (χ4v) is 2.76. The van der Waals surface area contributed by atoms with Crippen molar-refractivity contribution in [2.24, 2.45) is 11.7 Å². The Morgan fingerprint density at radius 3 is 2.85 bits per heavy atom. The van der Waals surface area contributed by atoms with Gasteiger partial charge in [0.1, 0.15) is 5.82 Å². The molecular weight excluding hydrogens is 257 g/mol. The van der Waals surface area contributed by atoms with E-state index < -0.39 is 0 Å². The van der Waals surface area contributed by atoms with Gasteiger partial charge in [-0.1, -0.05) is 0 Å². The number of rotatable bonds is 5. The molecule has 5 heteroatoms. The van der Waals surface area contributed by atoms with Crippen LogP contribution in [0, 0.1) is 11.7 Å². The highest BCUT2D eigenvalue weighted by atomic mass is 19.1. The van der Waals surface area contributed by atoms with Gasteiger partial charge in [0, 0.05) is 31.4 Å². The highest BCUT2D eigenvalue weighted by molar-refractivity contribution is 5.78. The monoisotopic (exact) mass is 277 g/mol. The number of amides is 1. The van der Waals surface area contributed by atoms with Gasteiger partial charge in [0.15, 0.2) is 0 Å². The molecule has 1 heterocycles. The zero-order valence-corrected chi connectivity index (χ0v) is 11.4. The average molecular weight is 277 g/mol. The molecule has 3 rings (SSSR count). The number of nitrogens with zero attached hydrogens (tertiary/aromatic N) is 1. The molecule has 4 nitrogen and oxygen atoms in total. The minimum atomic E-state index is -0.243. The Bertz CT molecular complexity index is 516. The third-order valence-corrected chi connectivity index (χ3v) is 4.13. The standard InChI is InChI=1S/C15H20FN3O/c16-12-1-4-14(11(7-12)8-18-13-2-3-13)19-6-5-10(9-19)15(17)20/h1,4,7,10,13,18H,2-3,5-6,8-9H2,(H2,17,20). The second-order valence-electron chi connectivity index (χ2n) is 5.76. The number of hydrogen-bond donors (Lipinski definition) is 2. The molecule has 1 unspecified atom stereocenters. The van der Waals surface area contributed by atoms with Crippen molar-refractivity contribution in [1.82, 2.24) is 5.32 Å². The molecule has 1 aromatic carbocycles. The normalized spacial score (nSPS) is 22.2. The molecule has 1 saturated heterocycles. The van der Waals surface area contributed by atoms with E-state index in [0.717, 1.165) is 24.2 Å². The van der Waals surface area contributed by atoms with Crippen molar-refractivity contribution in [2.45, 2.75) is 31.8 Å². The van der Waals surface area contributed by atoms with Crippen molar-refractivity contribution in [3.05, 3.63) is 29.6 Å². The number of halogens is 1. The largest absolute Gasteiger partial charge is 0.370 e. The Labute approximate surface area is 118 Å². The second kappa shape index (κ2) is 5.40. The van der Waals surface area contributed by atoms with Gasteiger partial charge in [-0.2, -0.15) is 0 Å². The molecule has 1 aromatic rings. The van der Waals surface area contributed by atoms with Gasteiger partial charge in [0.2, 0.25) is 5.91 Å². The third kappa shape index (κ3) is 2.93. The van der Waals surface area contributed by atoms with Crippen molar-refractivity contribution < 1.29 is 9.18 Å². The van der Waals surface area contributed by atoms with Gasteiger partial charge >= 0.3 is 0 Å². The lowest BCUT2D eigenvalue weighted by atomic mass is 10.1. The number of nitrogens with one attached hydrogen (secondary N) is 1. The summed E-state index contributed by atoms with van der Waals surface area (Å²) >= 11 is 0. The van der Waals surface area contributed by atoms with Gasteiger partial charge in [0.25, 0.3) is 0 Å². The SMILES string of the molecule is NC(=O)C1CCN(c2ccc(F)cc2CNC2CC2)C1. The minimum Gasteiger partial charge on any atom is -0.370 e. The first-order chi connectivity index (χ1) is 9.63. The van der Waals surface area contributed by atoms with Crippen molar-refractivity contribution in [3.63, 3.8) is 0 Å². The molecule has 0 aromatic heterocycles. The lowest BCUT2D eigenvalue weighted by Crippen LogP contribution is -2.28. The molecule has 2 aliphatic rings. The highest BCUT2D eigenvalue weighted by Crippen LogP contribution is 2.28. The first-order valence-corrected chi connectivity index (χ1v) is 7.19. The predicted molar refractivity (Wildman–Crippen MR) is 75.8 cm³/mol. The number of carbonyl (C=O) groups is 1. The highest BCUT2D eigenvalue weighted by Gasteiger charge is 2.28. The van der Waals surface area contributed by atoms with Crippen molar-refractivity contribution in [1.29, 1.82) is 0 Å². The summed E-state index contributed by atoms with van der Waals surface area (Å²) in [6, 6.07) is 5.46. The Hall–Kier alpha value is -1.62. The molecule has 2 fully saturated rings. The van der Waals surface area contributed by atoms with E-state index in [1.807, 2.05) is 6.07 Å². The van der Waals surface area contributed by atoms with Crippen molar-refractivity contribution in [2.75, 3.05) is 18.0 Å². The van der Waals surface area contributed by atoms with E-state index in [9.17, 15) is 9.18 Å². The molecule has 1 atom stereocenters. The molecule has 0 radical (unpaired) electrons. The molecule has 1 aliphatic heterocycles. The lowest BCUT2D eigenvalue weighted by molar-refractivity contribution is -0.121. The van der Waals surface area contributed by atoms with Crippen LogP contribution >= 0.6 is 0 Å². The van der Waals surface area contributed by atoms with Crippen molar-refractivity contribution in [3.8, 4) is 0 Å². The number of hydrogen-bond acceptors (Lipinski definition) is 3. The van der Waals surface area contributed by atoms with E-state index in [-0.39, 0.29) is 17.6 Å². The number of benzene rings is 1. The Morgan fingerprint density at radius 2 is 2.20 bits per heavy atom. The quantitative estimate of drug-likeness (QED) is 0.855. The van der Waals surface area contributed by atoms with Crippen molar-refractivity contribution >= 4 is 11.6 Å². The first-order valence-electron chi connectivity index (χ1n) is 7.19. The summed E-state index contributed by atoms with van der Waals surface area (Å²) in [5.74, 6) is -0.552. The van der Waals surface area contributed by atoms with Crippen LogP contribution in [0.5, 0.6) is 0 Å². The van der Waals surface area contributed by atoms with E-state index >= 15 is 0 Å². The van der Waals surface area contributed by atoms with E-state index in [4.69, 9.17) is 5.73 Å².